The Morgan fingerprint density at radius 1 is 1.00 bits per heavy atom. The minimum Gasteiger partial charge on any atom is -0.443 e. The molecule has 0 radical (unpaired) electrons. The smallest absolute Gasteiger partial charge is 0.411 e. The number of amides is 1. The molecular weight excluding hydrogens is 591 g/mol. The van der Waals surface area contributed by atoms with Gasteiger partial charge in [-0.1, -0.05) is 12.1 Å². The van der Waals surface area contributed by atoms with E-state index in [4.69, 9.17) is 25.7 Å². The monoisotopic (exact) mass is 616 g/mol. The molecule has 1 aliphatic heterocycles. The highest BCUT2D eigenvalue weighted by Gasteiger charge is 2.20. The van der Waals surface area contributed by atoms with Crippen molar-refractivity contribution >= 4 is 28.8 Å². The van der Waals surface area contributed by atoms with E-state index in [-0.39, 0.29) is 11.7 Å². The molecule has 2 aromatic carbocycles. The summed E-state index contributed by atoms with van der Waals surface area (Å²) in [5.41, 5.74) is 12.6. The Labute approximate surface area is 261 Å². The van der Waals surface area contributed by atoms with E-state index in [0.717, 1.165) is 16.8 Å². The molecule has 1 aliphatic rings. The second-order valence-corrected chi connectivity index (χ2v) is 10.3. The number of aryl methyl sites for hydroxylation is 1. The van der Waals surface area contributed by atoms with Crippen LogP contribution in [0.2, 0.25) is 0 Å². The van der Waals surface area contributed by atoms with Crippen LogP contribution in [0.3, 0.4) is 0 Å². The molecule has 3 N–H and O–H groups in total. The molecular formula is C32H25FN10O3. The number of benzene rings is 2. The van der Waals surface area contributed by atoms with Crippen molar-refractivity contribution in [1.82, 2.24) is 29.2 Å². The predicted molar refractivity (Wildman–Crippen MR) is 165 cm³/mol. The first-order valence-corrected chi connectivity index (χ1v) is 14.0. The molecule has 0 saturated carbocycles. The molecule has 6 aromatic rings. The number of hydrogen-bond acceptors (Lipinski definition) is 10. The number of carbonyl (C=O) groups is 1. The average Bonchev–Trinajstić information content (AvgIpc) is 3.83. The number of nitrogens with zero attached hydrogens (tertiary/aromatic N) is 8. The van der Waals surface area contributed by atoms with Crippen molar-refractivity contribution < 1.29 is 18.7 Å². The number of rotatable bonds is 4. The van der Waals surface area contributed by atoms with Crippen LogP contribution in [0.1, 0.15) is 23.1 Å². The molecule has 0 aliphatic carbocycles. The number of nitrogens with one attached hydrogen (secondary N) is 1. The van der Waals surface area contributed by atoms with Gasteiger partial charge in [0.15, 0.2) is 11.3 Å². The summed E-state index contributed by atoms with van der Waals surface area (Å²) < 4.78 is 27.8. The van der Waals surface area contributed by atoms with E-state index in [9.17, 15) is 9.18 Å². The molecule has 5 heterocycles. The minimum atomic E-state index is -0.637. The first kappa shape index (κ1) is 29.7. The topological polar surface area (TPSA) is 182 Å². The van der Waals surface area contributed by atoms with Crippen molar-refractivity contribution in [2.45, 2.75) is 19.4 Å². The Bertz CT molecular complexity index is 2170. The lowest BCUT2D eigenvalue weighted by molar-refractivity contribution is 0.0932. The fourth-order valence-corrected chi connectivity index (χ4v) is 5.03. The maximum Gasteiger partial charge on any atom is 0.411 e. The zero-order valence-corrected chi connectivity index (χ0v) is 24.4. The molecule has 4 aromatic heterocycles. The fraction of sp³-hybridized carbons (Fsp3) is 0.156. The van der Waals surface area contributed by atoms with Crippen molar-refractivity contribution in [3.05, 3.63) is 95.8 Å². The number of nitrogens with two attached hydrogens (primary N) is 1. The van der Waals surface area contributed by atoms with Crippen molar-refractivity contribution in [3.63, 3.8) is 0 Å². The SMILES string of the molecule is Cc1cc(C#N)ccc1-c1cc(N)cc2ncnn12.N#Cc1ccc(-c2cc(NC(=O)OC3CCOC3)cc3ncnn23)cc1F. The van der Waals surface area contributed by atoms with Crippen LogP contribution in [-0.2, 0) is 9.47 Å². The van der Waals surface area contributed by atoms with Gasteiger partial charge in [0, 0.05) is 41.1 Å². The number of fused-ring (bicyclic) bond motifs is 2. The lowest BCUT2D eigenvalue weighted by atomic mass is 10.0. The number of pyridine rings is 2. The van der Waals surface area contributed by atoms with Crippen LogP contribution < -0.4 is 11.1 Å². The third kappa shape index (κ3) is 6.14. The van der Waals surface area contributed by atoms with Crippen LogP contribution in [0.25, 0.3) is 33.8 Å². The summed E-state index contributed by atoms with van der Waals surface area (Å²) in [5.74, 6) is -0.637. The summed E-state index contributed by atoms with van der Waals surface area (Å²) in [4.78, 5) is 20.4. The molecule has 1 saturated heterocycles. The number of nitrogen functional groups attached to an aromatic ring is 1. The minimum absolute atomic E-state index is 0.0507. The number of carbonyl (C=O) groups excluding carboxylic acids is 1. The number of halogens is 1. The predicted octanol–water partition coefficient (Wildman–Crippen LogP) is 4.90. The van der Waals surface area contributed by atoms with Crippen LogP contribution in [0.4, 0.5) is 20.6 Å². The van der Waals surface area contributed by atoms with Crippen molar-refractivity contribution in [2.75, 3.05) is 24.3 Å². The second kappa shape index (κ2) is 12.7. The van der Waals surface area contributed by atoms with Crippen LogP contribution in [0, 0.1) is 35.4 Å². The van der Waals surface area contributed by atoms with Gasteiger partial charge in [-0.05, 0) is 48.9 Å². The maximum atomic E-state index is 14.0. The van der Waals surface area contributed by atoms with E-state index >= 15 is 0 Å². The highest BCUT2D eigenvalue weighted by atomic mass is 19.1. The summed E-state index contributed by atoms with van der Waals surface area (Å²) in [5, 5.41) is 28.8. The summed E-state index contributed by atoms with van der Waals surface area (Å²) in [6.45, 7) is 2.91. The van der Waals surface area contributed by atoms with Crippen LogP contribution >= 0.6 is 0 Å². The van der Waals surface area contributed by atoms with Gasteiger partial charge in [0.05, 0.1) is 41.8 Å². The van der Waals surface area contributed by atoms with E-state index in [1.165, 1.54) is 29.3 Å². The molecule has 7 rings (SSSR count). The van der Waals surface area contributed by atoms with Crippen LogP contribution in [0.5, 0.6) is 0 Å². The Hall–Kier alpha value is -6.38. The summed E-state index contributed by atoms with van der Waals surface area (Å²) in [7, 11) is 0. The van der Waals surface area contributed by atoms with Gasteiger partial charge in [-0.2, -0.15) is 20.7 Å². The second-order valence-electron chi connectivity index (χ2n) is 10.3. The lowest BCUT2D eigenvalue weighted by Gasteiger charge is -2.13. The van der Waals surface area contributed by atoms with Gasteiger partial charge in [0.25, 0.3) is 0 Å². The molecule has 1 atom stereocenters. The standard InChI is InChI=1S/C18H14FN5O3.C14H11N5/c19-15-5-11(1-2-12(15)8-20)16-6-13(7-17-21-10-22-24(16)17)23-18(25)27-14-3-4-26-9-14;1-9-4-10(7-15)2-3-12(9)13-5-11(16)6-14-17-8-18-19(13)14/h1-2,5-7,10,14H,3-4,9H2,(H,23,25);2-6,8H,16H2,1H3. The van der Waals surface area contributed by atoms with Gasteiger partial charge in [-0.25, -0.2) is 28.2 Å². The van der Waals surface area contributed by atoms with Gasteiger partial charge in [-0.15, -0.1) is 0 Å². The van der Waals surface area contributed by atoms with Crippen LogP contribution in [0.15, 0.2) is 73.3 Å². The lowest BCUT2D eigenvalue weighted by Crippen LogP contribution is -2.22. The summed E-state index contributed by atoms with van der Waals surface area (Å²) >= 11 is 0. The maximum absolute atomic E-state index is 14.0. The number of anilines is 2. The van der Waals surface area contributed by atoms with Crippen molar-refractivity contribution in [1.29, 1.82) is 10.5 Å². The van der Waals surface area contributed by atoms with Crippen molar-refractivity contribution in [3.8, 4) is 34.7 Å². The van der Waals surface area contributed by atoms with Crippen molar-refractivity contribution in [2.24, 2.45) is 0 Å². The number of aromatic nitrogens is 6. The molecule has 0 spiro atoms. The van der Waals surface area contributed by atoms with Gasteiger partial charge in [-0.3, -0.25) is 5.32 Å². The van der Waals surface area contributed by atoms with Gasteiger partial charge >= 0.3 is 6.09 Å². The first-order valence-electron chi connectivity index (χ1n) is 14.0. The largest absolute Gasteiger partial charge is 0.443 e. The Balaban J connectivity index is 0.000000172. The van der Waals surface area contributed by atoms with E-state index in [0.29, 0.717) is 59.1 Å². The molecule has 46 heavy (non-hydrogen) atoms. The molecule has 13 nitrogen and oxygen atoms in total. The average molecular weight is 617 g/mol. The quantitative estimate of drug-likeness (QED) is 0.276. The third-order valence-corrected chi connectivity index (χ3v) is 7.21. The summed E-state index contributed by atoms with van der Waals surface area (Å²) in [6.07, 6.45) is 2.64. The Morgan fingerprint density at radius 3 is 2.43 bits per heavy atom. The molecule has 228 valence electrons. The van der Waals surface area contributed by atoms with Gasteiger partial charge in [0.1, 0.15) is 30.6 Å². The molecule has 14 heteroatoms. The third-order valence-electron chi connectivity index (χ3n) is 7.21. The number of ether oxygens (including phenoxy) is 2. The Morgan fingerprint density at radius 2 is 1.76 bits per heavy atom. The number of nitriles is 2. The van der Waals surface area contributed by atoms with Gasteiger partial charge < -0.3 is 15.2 Å². The first-order chi connectivity index (χ1) is 22.3. The van der Waals surface area contributed by atoms with E-state index < -0.39 is 11.9 Å². The van der Waals surface area contributed by atoms with Crippen LogP contribution in [-0.4, -0.2) is 54.6 Å². The number of hydrogen-bond donors (Lipinski definition) is 2. The molecule has 1 unspecified atom stereocenters. The van der Waals surface area contributed by atoms with Gasteiger partial charge in [0.2, 0.25) is 0 Å². The zero-order chi connectivity index (χ0) is 32.2. The zero-order valence-electron chi connectivity index (χ0n) is 24.4. The summed E-state index contributed by atoms with van der Waals surface area (Å²) in [6, 6.07) is 20.6. The Kier molecular flexibility index (Phi) is 8.19. The van der Waals surface area contributed by atoms with E-state index in [1.54, 1.807) is 40.9 Å². The van der Waals surface area contributed by atoms with E-state index in [2.05, 4.69) is 31.6 Å². The van der Waals surface area contributed by atoms with E-state index in [1.807, 2.05) is 25.1 Å². The molecule has 1 fully saturated rings. The molecule has 0 bridgehead atoms. The highest BCUT2D eigenvalue weighted by molar-refractivity contribution is 5.87. The highest BCUT2D eigenvalue weighted by Crippen LogP contribution is 2.28. The normalized spacial score (nSPS) is 13.9. The fourth-order valence-electron chi connectivity index (χ4n) is 5.03. The molecule has 1 amide bonds.